The van der Waals surface area contributed by atoms with E-state index < -0.39 is 11.7 Å². The third-order valence-corrected chi connectivity index (χ3v) is 9.21. The Morgan fingerprint density at radius 2 is 1.74 bits per heavy atom. The summed E-state index contributed by atoms with van der Waals surface area (Å²) in [6, 6.07) is 9.94. The molecule has 6 nitrogen and oxygen atoms in total. The monoisotopic (exact) mass is 562 g/mol. The number of carbonyl (C=O) groups is 1. The van der Waals surface area contributed by atoms with E-state index in [0.29, 0.717) is 28.4 Å². The van der Waals surface area contributed by atoms with Crippen molar-refractivity contribution >= 4 is 32.8 Å². The summed E-state index contributed by atoms with van der Waals surface area (Å²) in [5.74, 6) is -0.229. The van der Waals surface area contributed by atoms with Crippen molar-refractivity contribution in [2.24, 2.45) is 5.41 Å². The summed E-state index contributed by atoms with van der Waals surface area (Å²) in [4.78, 5) is 23.8. The first-order chi connectivity index (χ1) is 18.5. The highest BCUT2D eigenvalue weighted by Gasteiger charge is 2.54. The van der Waals surface area contributed by atoms with Crippen LogP contribution >= 0.6 is 11.3 Å². The number of anilines is 1. The number of likely N-dealkylation sites (tertiary alicyclic amines) is 1. The van der Waals surface area contributed by atoms with E-state index in [4.69, 9.17) is 4.74 Å². The Labute approximate surface area is 228 Å². The van der Waals surface area contributed by atoms with E-state index >= 15 is 0 Å². The normalized spacial score (nSPS) is 23.6. The predicted octanol–water partition coefficient (Wildman–Crippen LogP) is 6.15. The highest BCUT2D eigenvalue weighted by molar-refractivity contribution is 7.22. The fourth-order valence-electron chi connectivity index (χ4n) is 6.38. The number of carbonyl (C=O) groups excluding carboxylic acids is 1. The van der Waals surface area contributed by atoms with Crippen LogP contribution in [0.15, 0.2) is 42.5 Å². The summed E-state index contributed by atoms with van der Waals surface area (Å²) in [6.45, 7) is 7.68. The molecule has 0 radical (unpaired) electrons. The largest absolute Gasteiger partial charge is 0.446 e. The summed E-state index contributed by atoms with van der Waals surface area (Å²) in [6.07, 6.45) is -3.08. The maximum absolute atomic E-state index is 13.1. The molecule has 3 fully saturated rings. The number of hydrogen-bond acceptors (Lipinski definition) is 6. The molecule has 0 unspecified atom stereocenters. The van der Waals surface area contributed by atoms with Gasteiger partial charge in [-0.15, -0.1) is 0 Å². The van der Waals surface area contributed by atoms with Gasteiger partial charge in [-0.25, -0.2) is 14.2 Å². The molecule has 1 saturated carbocycles. The summed E-state index contributed by atoms with van der Waals surface area (Å²) in [5.41, 5.74) is 1.16. The van der Waals surface area contributed by atoms with E-state index in [9.17, 15) is 22.4 Å². The number of alkyl halides is 3. The zero-order valence-electron chi connectivity index (χ0n) is 21.7. The Kier molecular flexibility index (Phi) is 6.49. The molecular formula is C28H30F4N4O2S. The third-order valence-electron chi connectivity index (χ3n) is 8.13. The van der Waals surface area contributed by atoms with Gasteiger partial charge in [0.1, 0.15) is 11.9 Å². The second-order valence-electron chi connectivity index (χ2n) is 11.4. The van der Waals surface area contributed by atoms with E-state index in [1.165, 1.54) is 29.5 Å². The van der Waals surface area contributed by atoms with Crippen LogP contribution in [0.2, 0.25) is 0 Å². The minimum Gasteiger partial charge on any atom is -0.446 e. The zero-order valence-corrected chi connectivity index (χ0v) is 22.6. The maximum atomic E-state index is 13.1. The Morgan fingerprint density at radius 3 is 2.38 bits per heavy atom. The van der Waals surface area contributed by atoms with Crippen LogP contribution in [0.5, 0.6) is 0 Å². The lowest BCUT2D eigenvalue weighted by molar-refractivity contribution is -0.138. The van der Waals surface area contributed by atoms with Crippen LogP contribution in [-0.4, -0.2) is 65.2 Å². The molecule has 1 spiro atoms. The summed E-state index contributed by atoms with van der Waals surface area (Å²) in [5, 5.41) is 0.659. The Balaban J connectivity index is 1.01. The summed E-state index contributed by atoms with van der Waals surface area (Å²) >= 11 is 1.24. The number of thiazole rings is 1. The Bertz CT molecular complexity index is 1350. The van der Waals surface area contributed by atoms with Crippen LogP contribution in [0.4, 0.5) is 27.5 Å². The van der Waals surface area contributed by atoms with Crippen molar-refractivity contribution in [3.63, 3.8) is 0 Å². The lowest BCUT2D eigenvalue weighted by Crippen LogP contribution is -2.64. The van der Waals surface area contributed by atoms with Gasteiger partial charge in [0.25, 0.3) is 0 Å². The van der Waals surface area contributed by atoms with E-state index in [2.05, 4.69) is 9.88 Å². The van der Waals surface area contributed by atoms with Gasteiger partial charge in [0, 0.05) is 38.1 Å². The fourth-order valence-corrected chi connectivity index (χ4v) is 7.40. The topological polar surface area (TPSA) is 48.9 Å². The number of piperazine rings is 1. The molecule has 39 heavy (non-hydrogen) atoms. The average Bonchev–Trinajstić information content (AvgIpc) is 3.25. The summed E-state index contributed by atoms with van der Waals surface area (Å²) in [7, 11) is 0. The van der Waals surface area contributed by atoms with E-state index in [0.717, 1.165) is 50.2 Å². The van der Waals surface area contributed by atoms with Crippen LogP contribution < -0.4 is 4.90 Å². The van der Waals surface area contributed by atoms with Crippen LogP contribution in [0, 0.1) is 11.2 Å². The summed E-state index contributed by atoms with van der Waals surface area (Å²) < 4.78 is 58.8. The van der Waals surface area contributed by atoms with Crippen molar-refractivity contribution in [2.45, 2.75) is 57.6 Å². The molecule has 6 rings (SSSR count). The van der Waals surface area contributed by atoms with Gasteiger partial charge in [-0.1, -0.05) is 23.5 Å². The van der Waals surface area contributed by atoms with Crippen molar-refractivity contribution in [3.05, 3.63) is 59.4 Å². The van der Waals surface area contributed by atoms with Crippen molar-refractivity contribution in [1.29, 1.82) is 0 Å². The predicted molar refractivity (Wildman–Crippen MR) is 141 cm³/mol. The van der Waals surface area contributed by atoms with Crippen LogP contribution in [-0.2, 0) is 17.5 Å². The SMILES string of the molecule is C[C@@H]1CN(c2nc3ccc(C(F)(F)F)cc3s2)C[C@H](C)N1C(=O)OC1CC2(C1)CN(Cc1ccc(F)cc1)C2. The first kappa shape index (κ1) is 26.3. The molecule has 2 aromatic carbocycles. The Morgan fingerprint density at radius 1 is 1.08 bits per heavy atom. The van der Waals surface area contributed by atoms with E-state index in [1.807, 2.05) is 30.9 Å². The molecule has 2 aliphatic heterocycles. The highest BCUT2D eigenvalue weighted by atomic mass is 32.1. The molecule has 3 heterocycles. The molecular weight excluding hydrogens is 532 g/mol. The maximum Gasteiger partial charge on any atom is 0.416 e. The fraction of sp³-hybridized carbons (Fsp3) is 0.500. The second kappa shape index (κ2) is 9.62. The van der Waals surface area contributed by atoms with Crippen molar-refractivity contribution in [3.8, 4) is 0 Å². The minimum atomic E-state index is -4.39. The van der Waals surface area contributed by atoms with Gasteiger partial charge in [-0.2, -0.15) is 13.2 Å². The van der Waals surface area contributed by atoms with Gasteiger partial charge in [-0.3, -0.25) is 9.80 Å². The second-order valence-corrected chi connectivity index (χ2v) is 12.4. The number of halogens is 4. The van der Waals surface area contributed by atoms with Crippen LogP contribution in [0.3, 0.4) is 0 Å². The zero-order chi connectivity index (χ0) is 27.5. The van der Waals surface area contributed by atoms with Gasteiger partial charge in [-0.05, 0) is 62.6 Å². The number of nitrogens with zero attached hydrogens (tertiary/aromatic N) is 4. The molecule has 1 amide bonds. The van der Waals surface area contributed by atoms with Crippen LogP contribution in [0.25, 0.3) is 10.2 Å². The molecule has 2 saturated heterocycles. The van der Waals surface area contributed by atoms with Gasteiger partial charge >= 0.3 is 12.3 Å². The first-order valence-corrected chi connectivity index (χ1v) is 14.0. The number of amides is 1. The van der Waals surface area contributed by atoms with Gasteiger partial charge in [0.2, 0.25) is 0 Å². The standard InChI is InChI=1S/C28H30F4N4O2S/c1-17-12-35(25-33-23-8-5-20(28(30,31)32)9-24(23)39-25)13-18(2)36(17)26(37)38-22-10-27(11-22)15-34(16-27)14-19-3-6-21(29)7-4-19/h3-9,17-18,22H,10-16H2,1-2H3/t17-,18+. The smallest absolute Gasteiger partial charge is 0.416 e. The average molecular weight is 563 g/mol. The molecule has 0 N–H and O–H groups in total. The number of aromatic nitrogens is 1. The van der Waals surface area contributed by atoms with Gasteiger partial charge < -0.3 is 9.64 Å². The quantitative estimate of drug-likeness (QED) is 0.357. The molecule has 208 valence electrons. The van der Waals surface area contributed by atoms with Crippen molar-refractivity contribution in [1.82, 2.24) is 14.8 Å². The molecule has 1 aliphatic carbocycles. The number of benzene rings is 2. The van der Waals surface area contributed by atoms with Crippen LogP contribution in [0.1, 0.15) is 37.8 Å². The van der Waals surface area contributed by atoms with Gasteiger partial charge in [0.15, 0.2) is 5.13 Å². The molecule has 11 heteroatoms. The minimum absolute atomic E-state index is 0.0880. The number of hydrogen-bond donors (Lipinski definition) is 0. The van der Waals surface area contributed by atoms with Crippen molar-refractivity contribution < 1.29 is 27.1 Å². The molecule has 2 atom stereocenters. The number of fused-ring (bicyclic) bond motifs is 1. The molecule has 3 aliphatic rings. The highest BCUT2D eigenvalue weighted by Crippen LogP contribution is 2.50. The lowest BCUT2D eigenvalue weighted by Gasteiger charge is -2.58. The first-order valence-electron chi connectivity index (χ1n) is 13.2. The molecule has 3 aromatic rings. The van der Waals surface area contributed by atoms with Gasteiger partial charge in [0.05, 0.1) is 27.9 Å². The number of ether oxygens (including phenoxy) is 1. The number of rotatable bonds is 4. The molecule has 0 bridgehead atoms. The van der Waals surface area contributed by atoms with Crippen molar-refractivity contribution in [2.75, 3.05) is 31.1 Å². The lowest BCUT2D eigenvalue weighted by atomic mass is 9.61. The molecule has 1 aromatic heterocycles. The Hall–Kier alpha value is -2.92. The van der Waals surface area contributed by atoms with E-state index in [1.54, 1.807) is 4.90 Å². The van der Waals surface area contributed by atoms with E-state index in [-0.39, 0.29) is 35.5 Å². The third kappa shape index (κ3) is 5.18.